The van der Waals surface area contributed by atoms with Crippen LogP contribution in [0.3, 0.4) is 0 Å². The fourth-order valence-electron chi connectivity index (χ4n) is 6.82. The normalized spacial score (nSPS) is 13.8. The van der Waals surface area contributed by atoms with Crippen molar-refractivity contribution >= 4 is 5.91 Å². The molecular formula is C54H93NO3. The largest absolute Gasteiger partial charge is 0.394 e. The van der Waals surface area contributed by atoms with Crippen molar-refractivity contribution in [3.63, 3.8) is 0 Å². The summed E-state index contributed by atoms with van der Waals surface area (Å²) in [6.07, 6.45) is 72.4. The zero-order valence-electron chi connectivity index (χ0n) is 38.0. The Labute approximate surface area is 360 Å². The molecule has 2 unspecified atom stereocenters. The summed E-state index contributed by atoms with van der Waals surface area (Å²) in [6.45, 7) is 4.17. The van der Waals surface area contributed by atoms with E-state index in [0.29, 0.717) is 6.42 Å². The Morgan fingerprint density at radius 3 is 1.21 bits per heavy atom. The van der Waals surface area contributed by atoms with Crippen LogP contribution in [0, 0.1) is 0 Å². The van der Waals surface area contributed by atoms with E-state index in [4.69, 9.17) is 0 Å². The Kier molecular flexibility index (Phi) is 46.4. The standard InChI is InChI=1S/C54H93NO3/c1-3-5-7-9-11-13-15-17-19-21-23-24-25-26-27-28-29-30-32-34-36-38-40-42-44-46-48-50-54(58)55-52(51-56)53(57)49-47-45-43-41-39-37-35-33-31-22-20-18-16-14-12-10-8-6-4-2/h5,7,11,13,17,19,23-24,26-27,31,33,39,41,47,49,52-53,56-57H,3-4,6,8-10,12,14-16,18,20-22,25,28-30,32,34-38,40,42-46,48,50-51H2,1-2H3,(H,55,58)/b7-5-,13-11-,19-17-,24-23-,27-26-,33-31+,41-39+,49-47+. The summed E-state index contributed by atoms with van der Waals surface area (Å²) < 4.78 is 0. The first-order valence-corrected chi connectivity index (χ1v) is 24.5. The van der Waals surface area contributed by atoms with Gasteiger partial charge in [0.2, 0.25) is 5.91 Å². The first kappa shape index (κ1) is 55.3. The Morgan fingerprint density at radius 2 is 0.776 bits per heavy atom. The van der Waals surface area contributed by atoms with Gasteiger partial charge in [0.15, 0.2) is 0 Å². The second kappa shape index (κ2) is 48.7. The van der Waals surface area contributed by atoms with Gasteiger partial charge in [0.1, 0.15) is 0 Å². The maximum Gasteiger partial charge on any atom is 0.220 e. The zero-order valence-corrected chi connectivity index (χ0v) is 38.0. The van der Waals surface area contributed by atoms with Crippen LogP contribution in [0.15, 0.2) is 97.2 Å². The average Bonchev–Trinajstić information content (AvgIpc) is 3.23. The smallest absolute Gasteiger partial charge is 0.220 e. The summed E-state index contributed by atoms with van der Waals surface area (Å²) in [6, 6.07) is -0.653. The van der Waals surface area contributed by atoms with E-state index in [0.717, 1.165) is 70.6 Å². The third-order valence-corrected chi connectivity index (χ3v) is 10.5. The van der Waals surface area contributed by atoms with Gasteiger partial charge in [0.05, 0.1) is 18.8 Å². The van der Waals surface area contributed by atoms with Crippen molar-refractivity contribution < 1.29 is 15.0 Å². The maximum absolute atomic E-state index is 12.4. The van der Waals surface area contributed by atoms with E-state index in [2.05, 4.69) is 104 Å². The highest BCUT2D eigenvalue weighted by molar-refractivity contribution is 5.76. The van der Waals surface area contributed by atoms with Gasteiger partial charge in [0, 0.05) is 6.42 Å². The summed E-state index contributed by atoms with van der Waals surface area (Å²) in [4.78, 5) is 12.4. The Balaban J connectivity index is 3.64. The number of allylic oxidation sites excluding steroid dienone is 15. The van der Waals surface area contributed by atoms with Crippen LogP contribution in [0.4, 0.5) is 0 Å². The van der Waals surface area contributed by atoms with Crippen LogP contribution in [-0.2, 0) is 4.79 Å². The monoisotopic (exact) mass is 804 g/mol. The van der Waals surface area contributed by atoms with E-state index in [1.165, 1.54) is 128 Å². The van der Waals surface area contributed by atoms with Crippen LogP contribution in [-0.4, -0.2) is 34.9 Å². The molecule has 58 heavy (non-hydrogen) atoms. The van der Waals surface area contributed by atoms with E-state index in [1.807, 2.05) is 6.08 Å². The molecular weight excluding hydrogens is 711 g/mol. The number of aliphatic hydroxyl groups is 2. The van der Waals surface area contributed by atoms with Crippen LogP contribution in [0.25, 0.3) is 0 Å². The highest BCUT2D eigenvalue weighted by Crippen LogP contribution is 2.14. The molecule has 0 spiro atoms. The molecule has 0 aliphatic rings. The number of carbonyl (C=O) groups excluding carboxylic acids is 1. The number of amides is 1. The molecule has 0 bridgehead atoms. The lowest BCUT2D eigenvalue weighted by Gasteiger charge is -2.19. The van der Waals surface area contributed by atoms with Gasteiger partial charge in [-0.3, -0.25) is 4.79 Å². The number of unbranched alkanes of at least 4 members (excludes halogenated alkanes) is 22. The number of aliphatic hydroxyl groups excluding tert-OH is 2. The molecule has 4 heteroatoms. The molecule has 0 saturated carbocycles. The number of nitrogens with one attached hydrogen (secondary N) is 1. The predicted octanol–water partition coefficient (Wildman–Crippen LogP) is 15.8. The van der Waals surface area contributed by atoms with Gasteiger partial charge >= 0.3 is 0 Å². The third kappa shape index (κ3) is 44.4. The van der Waals surface area contributed by atoms with Gasteiger partial charge in [-0.05, 0) is 89.9 Å². The summed E-state index contributed by atoms with van der Waals surface area (Å²) in [5.41, 5.74) is 0. The lowest BCUT2D eigenvalue weighted by molar-refractivity contribution is -0.123. The molecule has 0 heterocycles. The molecule has 332 valence electrons. The lowest BCUT2D eigenvalue weighted by Crippen LogP contribution is -2.45. The van der Waals surface area contributed by atoms with Crippen LogP contribution in [0.2, 0.25) is 0 Å². The van der Waals surface area contributed by atoms with Gasteiger partial charge in [-0.2, -0.15) is 0 Å². The Morgan fingerprint density at radius 1 is 0.431 bits per heavy atom. The zero-order chi connectivity index (χ0) is 42.1. The third-order valence-electron chi connectivity index (χ3n) is 10.5. The van der Waals surface area contributed by atoms with Gasteiger partial charge in [0.25, 0.3) is 0 Å². The molecule has 4 nitrogen and oxygen atoms in total. The van der Waals surface area contributed by atoms with E-state index in [1.54, 1.807) is 6.08 Å². The van der Waals surface area contributed by atoms with Crippen molar-refractivity contribution in [3.8, 4) is 0 Å². The van der Waals surface area contributed by atoms with E-state index in [9.17, 15) is 15.0 Å². The van der Waals surface area contributed by atoms with E-state index in [-0.39, 0.29) is 12.5 Å². The SMILES string of the molecule is CC/C=C\C/C=C\C/C=C\C/C=C\C/C=C\CCCCCCCCCCCCCC(=O)NC(CO)C(O)/C=C/CC/C=C/CC/C=C/CCCCCCCCCCC. The first-order chi connectivity index (χ1) is 28.7. The molecule has 1 amide bonds. The molecule has 0 aromatic rings. The van der Waals surface area contributed by atoms with Crippen LogP contribution in [0.1, 0.15) is 219 Å². The highest BCUT2D eigenvalue weighted by Gasteiger charge is 2.17. The molecule has 0 saturated heterocycles. The molecule has 0 aromatic heterocycles. The molecule has 2 atom stereocenters. The maximum atomic E-state index is 12.4. The second-order valence-corrected chi connectivity index (χ2v) is 16.1. The predicted molar refractivity (Wildman–Crippen MR) is 257 cm³/mol. The topological polar surface area (TPSA) is 69.6 Å². The van der Waals surface area contributed by atoms with Gasteiger partial charge < -0.3 is 15.5 Å². The number of carbonyl (C=O) groups is 1. The van der Waals surface area contributed by atoms with Crippen molar-refractivity contribution in [1.82, 2.24) is 5.32 Å². The number of hydrogen-bond donors (Lipinski definition) is 3. The summed E-state index contributed by atoms with van der Waals surface area (Å²) in [7, 11) is 0. The average molecular weight is 804 g/mol. The minimum absolute atomic E-state index is 0.0852. The van der Waals surface area contributed by atoms with Crippen LogP contribution in [0.5, 0.6) is 0 Å². The fourth-order valence-corrected chi connectivity index (χ4v) is 6.82. The minimum Gasteiger partial charge on any atom is -0.394 e. The van der Waals surface area contributed by atoms with Gasteiger partial charge in [-0.15, -0.1) is 0 Å². The van der Waals surface area contributed by atoms with Crippen LogP contribution >= 0.6 is 0 Å². The van der Waals surface area contributed by atoms with Crippen molar-refractivity contribution in [2.75, 3.05) is 6.61 Å². The molecule has 0 rings (SSSR count). The number of rotatable bonds is 43. The minimum atomic E-state index is -0.877. The molecule has 0 aliphatic carbocycles. The Bertz CT molecular complexity index is 1090. The molecule has 0 aliphatic heterocycles. The van der Waals surface area contributed by atoms with Crippen molar-refractivity contribution in [3.05, 3.63) is 97.2 Å². The molecule has 3 N–H and O–H groups in total. The van der Waals surface area contributed by atoms with Gasteiger partial charge in [-0.25, -0.2) is 0 Å². The second-order valence-electron chi connectivity index (χ2n) is 16.1. The van der Waals surface area contributed by atoms with Crippen molar-refractivity contribution in [2.24, 2.45) is 0 Å². The summed E-state index contributed by atoms with van der Waals surface area (Å²) in [5, 5.41) is 23.0. The number of hydrogen-bond acceptors (Lipinski definition) is 3. The van der Waals surface area contributed by atoms with E-state index >= 15 is 0 Å². The lowest BCUT2D eigenvalue weighted by atomic mass is 10.0. The van der Waals surface area contributed by atoms with Crippen molar-refractivity contribution in [2.45, 2.75) is 231 Å². The van der Waals surface area contributed by atoms with E-state index < -0.39 is 12.1 Å². The summed E-state index contributed by atoms with van der Waals surface area (Å²) in [5.74, 6) is -0.0852. The highest BCUT2D eigenvalue weighted by atomic mass is 16.3. The Hall–Kier alpha value is -2.69. The molecule has 0 aromatic carbocycles. The van der Waals surface area contributed by atoms with Crippen LogP contribution < -0.4 is 5.32 Å². The van der Waals surface area contributed by atoms with Crippen molar-refractivity contribution in [1.29, 1.82) is 0 Å². The summed E-state index contributed by atoms with van der Waals surface area (Å²) >= 11 is 0. The quantitative estimate of drug-likeness (QED) is 0.0425. The first-order valence-electron chi connectivity index (χ1n) is 24.5. The van der Waals surface area contributed by atoms with Gasteiger partial charge in [-0.1, -0.05) is 220 Å². The fraction of sp³-hybridized carbons (Fsp3) is 0.685. The molecule has 0 radical (unpaired) electrons. The molecule has 0 fully saturated rings.